The predicted octanol–water partition coefficient (Wildman–Crippen LogP) is 4.15. The molecule has 0 aliphatic heterocycles. The maximum Gasteiger partial charge on any atom is 0.276 e. The number of hydrazine groups is 1. The van der Waals surface area contributed by atoms with Crippen LogP contribution in [0.5, 0.6) is 11.5 Å². The Kier molecular flexibility index (Phi) is 8.43. The van der Waals surface area contributed by atoms with Crippen LogP contribution in [0.2, 0.25) is 0 Å². The summed E-state index contributed by atoms with van der Waals surface area (Å²) in [6.45, 7) is 1.45. The Morgan fingerprint density at radius 1 is 0.938 bits per heavy atom. The van der Waals surface area contributed by atoms with Gasteiger partial charge in [-0.25, -0.2) is 0 Å². The van der Waals surface area contributed by atoms with Crippen molar-refractivity contribution in [2.45, 2.75) is 6.92 Å². The summed E-state index contributed by atoms with van der Waals surface area (Å²) in [4.78, 5) is 24.0. The van der Waals surface area contributed by atoms with Crippen molar-refractivity contribution >= 4 is 71.8 Å². The molecule has 0 bridgehead atoms. The number of aryl methyl sites for hydroxylation is 1. The Labute approximate surface area is 207 Å². The highest BCUT2D eigenvalue weighted by atomic mass is 79.9. The Hall–Kier alpha value is -2.69. The quantitative estimate of drug-likeness (QED) is 0.300. The summed E-state index contributed by atoms with van der Waals surface area (Å²) in [5.41, 5.74) is 5.80. The summed E-state index contributed by atoms with van der Waals surface area (Å²) in [6.07, 6.45) is 0. The van der Waals surface area contributed by atoms with E-state index in [0.29, 0.717) is 11.5 Å². The van der Waals surface area contributed by atoms with Crippen LogP contribution >= 0.6 is 44.1 Å². The highest BCUT2D eigenvalue weighted by molar-refractivity contribution is 9.11. The van der Waals surface area contributed by atoms with E-state index in [1.165, 1.54) is 0 Å². The van der Waals surface area contributed by atoms with Gasteiger partial charge in [0, 0.05) is 4.47 Å². The summed E-state index contributed by atoms with van der Waals surface area (Å²) in [6, 6.07) is 16.9. The molecule has 0 aliphatic carbocycles. The number of thiocarbonyl (C=S) groups is 1. The van der Waals surface area contributed by atoms with Crippen LogP contribution in [0.1, 0.15) is 5.56 Å². The maximum atomic E-state index is 12.1. The van der Waals surface area contributed by atoms with Gasteiger partial charge in [0.2, 0.25) is 0 Å². The maximum absolute atomic E-state index is 12.1. The normalized spacial score (nSPS) is 10.3. The van der Waals surface area contributed by atoms with Gasteiger partial charge in [0.15, 0.2) is 18.3 Å². The smallest absolute Gasteiger partial charge is 0.276 e. The third-order valence-electron chi connectivity index (χ3n) is 4.25. The molecule has 3 N–H and O–H groups in total. The minimum Gasteiger partial charge on any atom is -0.484 e. The van der Waals surface area contributed by atoms with Gasteiger partial charge in [0.25, 0.3) is 11.8 Å². The summed E-state index contributed by atoms with van der Waals surface area (Å²) >= 11 is 11.9. The zero-order chi connectivity index (χ0) is 23.1. The number of nitrogens with one attached hydrogen (secondary N) is 3. The number of fused-ring (bicyclic) bond motifs is 1. The van der Waals surface area contributed by atoms with E-state index >= 15 is 0 Å². The van der Waals surface area contributed by atoms with E-state index < -0.39 is 11.8 Å². The van der Waals surface area contributed by atoms with E-state index in [0.717, 1.165) is 25.3 Å². The van der Waals surface area contributed by atoms with Gasteiger partial charge in [-0.1, -0.05) is 46.3 Å². The molecule has 10 heteroatoms. The zero-order valence-electron chi connectivity index (χ0n) is 16.9. The molecule has 166 valence electrons. The van der Waals surface area contributed by atoms with E-state index in [1.54, 1.807) is 12.1 Å². The molecule has 0 heterocycles. The first kappa shape index (κ1) is 24.0. The molecule has 0 spiro atoms. The van der Waals surface area contributed by atoms with Gasteiger partial charge < -0.3 is 9.47 Å². The van der Waals surface area contributed by atoms with Crippen LogP contribution in [-0.2, 0) is 9.59 Å². The molecule has 3 rings (SSSR count). The fourth-order valence-corrected chi connectivity index (χ4v) is 3.70. The lowest BCUT2D eigenvalue weighted by molar-refractivity contribution is -0.124. The van der Waals surface area contributed by atoms with Crippen molar-refractivity contribution in [1.29, 1.82) is 0 Å². The Bertz CT molecular complexity index is 1170. The minimum absolute atomic E-state index is 0.0657. The van der Waals surface area contributed by atoms with Gasteiger partial charge in [-0.2, -0.15) is 0 Å². The molecule has 3 aromatic carbocycles. The van der Waals surface area contributed by atoms with Gasteiger partial charge in [0.05, 0.1) is 4.47 Å². The monoisotopic (exact) mass is 579 g/mol. The first-order valence-electron chi connectivity index (χ1n) is 9.41. The van der Waals surface area contributed by atoms with Crippen LogP contribution in [0.15, 0.2) is 63.5 Å². The lowest BCUT2D eigenvalue weighted by Crippen LogP contribution is -2.50. The molecule has 0 fully saturated rings. The molecule has 32 heavy (non-hydrogen) atoms. The Morgan fingerprint density at radius 2 is 1.69 bits per heavy atom. The first-order valence-corrected chi connectivity index (χ1v) is 11.4. The molecule has 7 nitrogen and oxygen atoms in total. The number of hydrogen-bond acceptors (Lipinski definition) is 5. The standard InChI is InChI=1S/C22H19Br2N3O4S/c1-13-10-15(7-8-17(13)23)30-12-20(29)26-27-22(32)25-19(28)11-31-18-9-6-14-4-2-3-5-16(14)21(18)24/h2-10H,11-12H2,1H3,(H,26,29)(H2,25,27,28,32). The lowest BCUT2D eigenvalue weighted by Gasteiger charge is -2.13. The van der Waals surface area contributed by atoms with Crippen molar-refractivity contribution in [1.82, 2.24) is 16.2 Å². The average Bonchev–Trinajstić information content (AvgIpc) is 2.78. The summed E-state index contributed by atoms with van der Waals surface area (Å²) in [5, 5.41) is 4.39. The summed E-state index contributed by atoms with van der Waals surface area (Å²) < 4.78 is 12.7. The lowest BCUT2D eigenvalue weighted by atomic mass is 10.1. The minimum atomic E-state index is -0.474. The number of benzene rings is 3. The topological polar surface area (TPSA) is 88.7 Å². The molecule has 0 radical (unpaired) electrons. The van der Waals surface area contributed by atoms with E-state index in [4.69, 9.17) is 21.7 Å². The van der Waals surface area contributed by atoms with Crippen molar-refractivity contribution < 1.29 is 19.1 Å². The van der Waals surface area contributed by atoms with Gasteiger partial charge in [-0.3, -0.25) is 25.8 Å². The van der Waals surface area contributed by atoms with Gasteiger partial charge in [-0.15, -0.1) is 0 Å². The average molecular weight is 581 g/mol. The largest absolute Gasteiger partial charge is 0.484 e. The van der Waals surface area contributed by atoms with Crippen molar-refractivity contribution in [3.8, 4) is 11.5 Å². The van der Waals surface area contributed by atoms with Crippen LogP contribution in [0.25, 0.3) is 10.8 Å². The molecule has 0 aliphatic rings. The second-order valence-corrected chi connectivity index (χ2v) is 8.69. The number of carbonyl (C=O) groups is 2. The third-order valence-corrected chi connectivity index (χ3v) is 6.17. The molecule has 0 unspecified atom stereocenters. The highest BCUT2D eigenvalue weighted by Gasteiger charge is 2.11. The first-order chi connectivity index (χ1) is 15.3. The van der Waals surface area contributed by atoms with Crippen molar-refractivity contribution in [2.24, 2.45) is 0 Å². The number of ether oxygens (including phenoxy) is 2. The molecule has 0 saturated carbocycles. The third kappa shape index (κ3) is 6.65. The van der Waals surface area contributed by atoms with Crippen LogP contribution in [0.4, 0.5) is 0 Å². The summed E-state index contributed by atoms with van der Waals surface area (Å²) in [7, 11) is 0. The second-order valence-electron chi connectivity index (χ2n) is 6.64. The SMILES string of the molecule is Cc1cc(OCC(=O)NNC(=S)NC(=O)COc2ccc3ccccc3c2Br)ccc1Br. The van der Waals surface area contributed by atoms with Crippen LogP contribution in [-0.4, -0.2) is 30.1 Å². The predicted molar refractivity (Wildman–Crippen MR) is 134 cm³/mol. The van der Waals surface area contributed by atoms with Crippen molar-refractivity contribution in [3.05, 3.63) is 69.1 Å². The fourth-order valence-electron chi connectivity index (χ4n) is 2.68. The van der Waals surface area contributed by atoms with Gasteiger partial charge >= 0.3 is 0 Å². The van der Waals surface area contributed by atoms with Crippen LogP contribution in [0, 0.1) is 6.92 Å². The zero-order valence-corrected chi connectivity index (χ0v) is 20.9. The van der Waals surface area contributed by atoms with E-state index in [1.807, 2.05) is 49.4 Å². The summed E-state index contributed by atoms with van der Waals surface area (Å²) in [5.74, 6) is 0.164. The number of hydrogen-bond donors (Lipinski definition) is 3. The van der Waals surface area contributed by atoms with Crippen LogP contribution in [0.3, 0.4) is 0 Å². The Balaban J connectivity index is 1.40. The number of amides is 2. The van der Waals surface area contributed by atoms with Crippen LogP contribution < -0.4 is 25.6 Å². The van der Waals surface area contributed by atoms with Crippen molar-refractivity contribution in [2.75, 3.05) is 13.2 Å². The Morgan fingerprint density at radius 3 is 2.47 bits per heavy atom. The molecular weight excluding hydrogens is 562 g/mol. The van der Waals surface area contributed by atoms with E-state index in [2.05, 4.69) is 48.0 Å². The van der Waals surface area contributed by atoms with Gasteiger partial charge in [0.1, 0.15) is 11.5 Å². The van der Waals surface area contributed by atoms with Crippen molar-refractivity contribution in [3.63, 3.8) is 0 Å². The number of halogens is 2. The molecular formula is C22H19Br2N3O4S. The molecule has 0 aromatic heterocycles. The second kappa shape index (κ2) is 11.3. The van der Waals surface area contributed by atoms with E-state index in [9.17, 15) is 9.59 Å². The molecule has 2 amide bonds. The molecule has 0 saturated heterocycles. The molecule has 0 atom stereocenters. The van der Waals surface area contributed by atoms with E-state index in [-0.39, 0.29) is 18.3 Å². The number of rotatable bonds is 6. The number of carbonyl (C=O) groups excluding carboxylic acids is 2. The highest BCUT2D eigenvalue weighted by Crippen LogP contribution is 2.32. The fraction of sp³-hybridized carbons (Fsp3) is 0.136. The van der Waals surface area contributed by atoms with Gasteiger partial charge in [-0.05, 0) is 75.7 Å². The molecule has 3 aromatic rings.